The maximum absolute atomic E-state index is 2.41. The van der Waals surface area contributed by atoms with Crippen LogP contribution in [0.4, 0.5) is 0 Å². The number of rotatable bonds is 8. The first-order chi connectivity index (χ1) is 24.7. The summed E-state index contributed by atoms with van der Waals surface area (Å²) in [6.45, 7) is 2.44. The van der Waals surface area contributed by atoms with E-state index in [4.69, 9.17) is 0 Å². The summed E-state index contributed by atoms with van der Waals surface area (Å²) < 4.78 is 0. The van der Waals surface area contributed by atoms with Gasteiger partial charge in [-0.1, -0.05) is 200 Å². The Morgan fingerprint density at radius 1 is 0.240 bits per heavy atom. The van der Waals surface area contributed by atoms with Crippen molar-refractivity contribution < 1.29 is 0 Å². The third kappa shape index (κ3) is 6.22. The van der Waals surface area contributed by atoms with Gasteiger partial charge in [0.2, 0.25) is 6.71 Å². The lowest BCUT2D eigenvalue weighted by atomic mass is 9.38. The highest BCUT2D eigenvalue weighted by atomic mass is 14.2. The average molecular weight is 637 g/mol. The van der Waals surface area contributed by atoms with Crippen LogP contribution in [-0.4, -0.2) is 6.71 Å². The van der Waals surface area contributed by atoms with Gasteiger partial charge in [0.1, 0.15) is 0 Å². The lowest BCUT2D eigenvalue weighted by molar-refractivity contribution is 1.57. The fourth-order valence-corrected chi connectivity index (χ4v) is 7.40. The van der Waals surface area contributed by atoms with Gasteiger partial charge >= 0.3 is 0 Å². The Bertz CT molecular complexity index is 2040. The van der Waals surface area contributed by atoms with Gasteiger partial charge in [0.15, 0.2) is 0 Å². The summed E-state index contributed by atoms with van der Waals surface area (Å²) in [5.74, 6) is 0. The fraction of sp³-hybridized carbons (Fsp3) is 0.0204. The number of benzene rings is 8. The van der Waals surface area contributed by atoms with Crippen molar-refractivity contribution in [2.45, 2.75) is 6.82 Å². The SMILES string of the molecule is CB(c1c(-c2ccccc2)cc(-c2ccccc2)cc1-c1ccccc1)c1c(-c2ccccc2)cc(-c2ccccc2)cc1-c1ccccc1. The van der Waals surface area contributed by atoms with Crippen LogP contribution in [0.5, 0.6) is 0 Å². The molecular weight excluding hydrogens is 599 g/mol. The van der Waals surface area contributed by atoms with Crippen LogP contribution in [0.3, 0.4) is 0 Å². The predicted octanol–water partition coefficient (Wildman–Crippen LogP) is 11.9. The Kier molecular flexibility index (Phi) is 8.79. The number of hydrogen-bond donors (Lipinski definition) is 0. The quantitative estimate of drug-likeness (QED) is 0.146. The summed E-state index contributed by atoms with van der Waals surface area (Å²) in [5, 5.41) is 0. The van der Waals surface area contributed by atoms with Gasteiger partial charge in [0.05, 0.1) is 0 Å². The Hall–Kier alpha value is -6.18. The van der Waals surface area contributed by atoms with Crippen molar-refractivity contribution in [3.8, 4) is 66.8 Å². The molecule has 0 aliphatic rings. The molecule has 236 valence electrons. The van der Waals surface area contributed by atoms with E-state index in [0.29, 0.717) is 0 Å². The van der Waals surface area contributed by atoms with Gasteiger partial charge in [-0.25, -0.2) is 0 Å². The van der Waals surface area contributed by atoms with E-state index in [2.05, 4.69) is 213 Å². The van der Waals surface area contributed by atoms with Crippen molar-refractivity contribution in [3.05, 3.63) is 206 Å². The van der Waals surface area contributed by atoms with Gasteiger partial charge in [0.25, 0.3) is 0 Å². The molecule has 0 atom stereocenters. The zero-order valence-electron chi connectivity index (χ0n) is 28.2. The van der Waals surface area contributed by atoms with Crippen molar-refractivity contribution in [1.29, 1.82) is 0 Å². The van der Waals surface area contributed by atoms with Crippen LogP contribution in [0.2, 0.25) is 6.82 Å². The molecule has 0 N–H and O–H groups in total. The molecule has 1 heteroatoms. The summed E-state index contributed by atoms with van der Waals surface area (Å²) in [6.07, 6.45) is 0. The van der Waals surface area contributed by atoms with Crippen molar-refractivity contribution >= 4 is 17.6 Å². The summed E-state index contributed by atoms with van der Waals surface area (Å²) in [4.78, 5) is 0. The molecular formula is C49H37B. The molecule has 0 aromatic heterocycles. The Labute approximate surface area is 296 Å². The highest BCUT2D eigenvalue weighted by molar-refractivity contribution is 6.88. The molecule has 0 amide bonds. The third-order valence-corrected chi connectivity index (χ3v) is 9.78. The zero-order chi connectivity index (χ0) is 33.7. The van der Waals surface area contributed by atoms with E-state index >= 15 is 0 Å². The maximum atomic E-state index is 2.41. The molecule has 0 radical (unpaired) electrons. The van der Waals surface area contributed by atoms with Gasteiger partial charge in [-0.05, 0) is 91.0 Å². The van der Waals surface area contributed by atoms with Crippen LogP contribution in [-0.2, 0) is 0 Å². The third-order valence-electron chi connectivity index (χ3n) is 9.78. The van der Waals surface area contributed by atoms with Crippen molar-refractivity contribution in [3.63, 3.8) is 0 Å². The topological polar surface area (TPSA) is 0 Å². The molecule has 0 fully saturated rings. The first-order valence-corrected chi connectivity index (χ1v) is 17.4. The van der Waals surface area contributed by atoms with E-state index in [0.717, 1.165) is 0 Å². The monoisotopic (exact) mass is 636 g/mol. The highest BCUT2D eigenvalue weighted by Gasteiger charge is 2.29. The summed E-state index contributed by atoms with van der Waals surface area (Å²) in [6, 6.07) is 74.9. The minimum atomic E-state index is 0.0282. The second-order valence-corrected chi connectivity index (χ2v) is 12.9. The first-order valence-electron chi connectivity index (χ1n) is 17.4. The van der Waals surface area contributed by atoms with E-state index in [-0.39, 0.29) is 6.71 Å². The minimum absolute atomic E-state index is 0.0282. The first kappa shape index (κ1) is 31.1. The van der Waals surface area contributed by atoms with E-state index in [9.17, 15) is 0 Å². The van der Waals surface area contributed by atoms with Gasteiger partial charge < -0.3 is 0 Å². The molecule has 0 heterocycles. The number of hydrogen-bond acceptors (Lipinski definition) is 0. The van der Waals surface area contributed by atoms with Crippen molar-refractivity contribution in [2.24, 2.45) is 0 Å². The molecule has 8 aromatic carbocycles. The molecule has 0 bridgehead atoms. The van der Waals surface area contributed by atoms with E-state index in [1.165, 1.54) is 77.7 Å². The Morgan fingerprint density at radius 3 is 0.660 bits per heavy atom. The normalized spacial score (nSPS) is 10.9. The lowest BCUT2D eigenvalue weighted by Crippen LogP contribution is -2.44. The smallest absolute Gasteiger partial charge is 0.0773 e. The molecule has 0 saturated carbocycles. The van der Waals surface area contributed by atoms with Gasteiger partial charge in [-0.2, -0.15) is 0 Å². The van der Waals surface area contributed by atoms with Crippen LogP contribution in [0.15, 0.2) is 206 Å². The molecule has 50 heavy (non-hydrogen) atoms. The summed E-state index contributed by atoms with van der Waals surface area (Å²) in [5.41, 5.74) is 17.4. The van der Waals surface area contributed by atoms with E-state index in [1.807, 2.05) is 0 Å². The molecule has 0 aliphatic carbocycles. The second kappa shape index (κ2) is 14.1. The summed E-state index contributed by atoms with van der Waals surface area (Å²) >= 11 is 0. The highest BCUT2D eigenvalue weighted by Crippen LogP contribution is 2.36. The molecule has 0 aliphatic heterocycles. The van der Waals surface area contributed by atoms with Crippen LogP contribution in [0.1, 0.15) is 0 Å². The average Bonchev–Trinajstić information content (AvgIpc) is 3.21. The molecule has 8 aromatic rings. The van der Waals surface area contributed by atoms with Crippen LogP contribution >= 0.6 is 0 Å². The summed E-state index contributed by atoms with van der Waals surface area (Å²) in [7, 11) is 0. The largest absolute Gasteiger partial charge is 0.209 e. The van der Waals surface area contributed by atoms with Crippen LogP contribution in [0.25, 0.3) is 66.8 Å². The van der Waals surface area contributed by atoms with Gasteiger partial charge in [-0.15, -0.1) is 0 Å². The van der Waals surface area contributed by atoms with Crippen molar-refractivity contribution in [2.75, 3.05) is 0 Å². The molecule has 8 rings (SSSR count). The van der Waals surface area contributed by atoms with Gasteiger partial charge in [0, 0.05) is 0 Å². The fourth-order valence-electron chi connectivity index (χ4n) is 7.40. The van der Waals surface area contributed by atoms with Gasteiger partial charge in [-0.3, -0.25) is 0 Å². The Balaban J connectivity index is 1.48. The molecule has 0 unspecified atom stereocenters. The maximum Gasteiger partial charge on any atom is 0.209 e. The lowest BCUT2D eigenvalue weighted by Gasteiger charge is -2.26. The molecule has 0 saturated heterocycles. The van der Waals surface area contributed by atoms with Crippen molar-refractivity contribution in [1.82, 2.24) is 0 Å². The minimum Gasteiger partial charge on any atom is -0.0773 e. The zero-order valence-corrected chi connectivity index (χ0v) is 28.2. The Morgan fingerprint density at radius 2 is 0.440 bits per heavy atom. The second-order valence-electron chi connectivity index (χ2n) is 12.9. The van der Waals surface area contributed by atoms with Crippen LogP contribution in [0, 0.1) is 0 Å². The van der Waals surface area contributed by atoms with E-state index in [1.54, 1.807) is 0 Å². The molecule has 0 spiro atoms. The van der Waals surface area contributed by atoms with Crippen LogP contribution < -0.4 is 10.9 Å². The standard InChI is InChI=1S/C49H37B/c1-50(48-44(38-24-12-4-13-25-38)32-42(36-20-8-2-9-21-36)33-45(48)39-26-14-5-15-27-39)49-46(40-28-16-6-17-29-40)34-43(37-22-10-3-11-23-37)35-47(49)41-30-18-7-19-31-41/h2-35H,1H3. The molecule has 0 nitrogen and oxygen atoms in total. The predicted molar refractivity (Wildman–Crippen MR) is 216 cm³/mol. The van der Waals surface area contributed by atoms with E-state index < -0.39 is 0 Å².